The largest absolute Gasteiger partial charge is 0.329 e. The first kappa shape index (κ1) is 17.3. The highest BCUT2D eigenvalue weighted by atomic mass is 32.2. The Bertz CT molecular complexity index is 255. The normalized spacial score (nSPS) is 26.4. The molecule has 2 nitrogen and oxygen atoms in total. The Balaban J connectivity index is 2.98. The minimum absolute atomic E-state index is 0.205. The van der Waals surface area contributed by atoms with E-state index in [4.69, 9.17) is 5.73 Å². The van der Waals surface area contributed by atoms with Gasteiger partial charge in [0.1, 0.15) is 0 Å². The van der Waals surface area contributed by atoms with Crippen LogP contribution in [-0.2, 0) is 0 Å². The number of nitrogens with two attached hydrogens (primary N) is 1. The second-order valence-electron chi connectivity index (χ2n) is 7.13. The summed E-state index contributed by atoms with van der Waals surface area (Å²) < 4.78 is 0. The summed E-state index contributed by atoms with van der Waals surface area (Å²) in [6.45, 7) is 16.1. The van der Waals surface area contributed by atoms with E-state index in [1.165, 1.54) is 25.1 Å². The van der Waals surface area contributed by atoms with Gasteiger partial charge in [-0.1, -0.05) is 34.6 Å². The van der Waals surface area contributed by atoms with Crippen molar-refractivity contribution in [1.82, 2.24) is 4.90 Å². The molecule has 2 unspecified atom stereocenters. The third kappa shape index (κ3) is 4.37. The Morgan fingerprint density at radius 3 is 2.11 bits per heavy atom. The monoisotopic (exact) mass is 286 g/mol. The number of hydrogen-bond donors (Lipinski definition) is 1. The molecule has 1 aliphatic rings. The lowest BCUT2D eigenvalue weighted by molar-refractivity contribution is 0.0237. The number of hydrogen-bond acceptors (Lipinski definition) is 3. The third-order valence-electron chi connectivity index (χ3n) is 4.45. The van der Waals surface area contributed by atoms with Crippen LogP contribution in [0.5, 0.6) is 0 Å². The summed E-state index contributed by atoms with van der Waals surface area (Å²) in [5.74, 6) is 2.67. The quantitative estimate of drug-likeness (QED) is 0.809. The molecule has 0 aliphatic carbocycles. The smallest absolute Gasteiger partial charge is 0.0340 e. The Morgan fingerprint density at radius 1 is 1.16 bits per heavy atom. The van der Waals surface area contributed by atoms with Gasteiger partial charge in [-0.2, -0.15) is 11.8 Å². The van der Waals surface area contributed by atoms with Crippen LogP contribution in [0.4, 0.5) is 0 Å². The van der Waals surface area contributed by atoms with Gasteiger partial charge in [-0.3, -0.25) is 4.90 Å². The molecular weight excluding hydrogens is 252 g/mol. The van der Waals surface area contributed by atoms with Crippen LogP contribution in [0, 0.1) is 11.8 Å². The molecule has 0 bridgehead atoms. The topological polar surface area (TPSA) is 29.3 Å². The summed E-state index contributed by atoms with van der Waals surface area (Å²) in [4.78, 5) is 2.74. The van der Waals surface area contributed by atoms with Gasteiger partial charge >= 0.3 is 0 Å². The van der Waals surface area contributed by atoms with Crippen LogP contribution >= 0.6 is 11.8 Å². The van der Waals surface area contributed by atoms with Crippen molar-refractivity contribution in [3.63, 3.8) is 0 Å². The lowest BCUT2D eigenvalue weighted by Gasteiger charge is -2.52. The van der Waals surface area contributed by atoms with Crippen LogP contribution in [0.3, 0.4) is 0 Å². The molecule has 1 heterocycles. The van der Waals surface area contributed by atoms with Crippen molar-refractivity contribution in [2.45, 2.75) is 71.2 Å². The molecule has 0 saturated carbocycles. The van der Waals surface area contributed by atoms with Crippen LogP contribution in [0.25, 0.3) is 0 Å². The lowest BCUT2D eigenvalue weighted by atomic mass is 9.79. The fraction of sp³-hybridized carbons (Fsp3) is 1.00. The van der Waals surface area contributed by atoms with Gasteiger partial charge in [-0.15, -0.1) is 0 Å². The summed E-state index contributed by atoms with van der Waals surface area (Å²) in [6.07, 6.45) is 2.45. The summed E-state index contributed by atoms with van der Waals surface area (Å²) in [5, 5.41) is 0.721. The molecular formula is C16H34N2S. The fourth-order valence-corrected chi connectivity index (χ4v) is 4.82. The Kier molecular flexibility index (Phi) is 6.68. The molecule has 0 aromatic carbocycles. The maximum atomic E-state index is 6.29. The third-order valence-corrected chi connectivity index (χ3v) is 5.79. The van der Waals surface area contributed by atoms with Gasteiger partial charge < -0.3 is 5.73 Å². The minimum atomic E-state index is 0.205. The van der Waals surface area contributed by atoms with Crippen molar-refractivity contribution >= 4 is 11.8 Å². The standard InChI is InChI=1S/C16H34N2S/c1-12(2)9-16(11-17,10-13(3)4)18-7-8-19-15(6)14(18)5/h12-15H,7-11,17H2,1-6H3. The van der Waals surface area contributed by atoms with Crippen LogP contribution in [0.15, 0.2) is 0 Å². The second-order valence-corrected chi connectivity index (χ2v) is 8.62. The van der Waals surface area contributed by atoms with Crippen molar-refractivity contribution in [3.05, 3.63) is 0 Å². The minimum Gasteiger partial charge on any atom is -0.329 e. The van der Waals surface area contributed by atoms with Gasteiger partial charge in [0.25, 0.3) is 0 Å². The predicted octanol–water partition coefficient (Wildman–Crippen LogP) is 3.60. The first-order chi connectivity index (χ1) is 8.82. The maximum absolute atomic E-state index is 6.29. The molecule has 2 atom stereocenters. The van der Waals surface area contributed by atoms with Gasteiger partial charge in [0, 0.05) is 35.7 Å². The Morgan fingerprint density at radius 2 is 1.68 bits per heavy atom. The highest BCUT2D eigenvalue weighted by Gasteiger charge is 2.41. The molecule has 0 aromatic heterocycles. The fourth-order valence-electron chi connectivity index (χ4n) is 3.72. The van der Waals surface area contributed by atoms with Gasteiger partial charge in [0.2, 0.25) is 0 Å². The van der Waals surface area contributed by atoms with E-state index in [0.29, 0.717) is 17.9 Å². The van der Waals surface area contributed by atoms with E-state index < -0.39 is 0 Å². The number of rotatable bonds is 6. The Hall–Kier alpha value is 0.270. The van der Waals surface area contributed by atoms with Crippen LogP contribution < -0.4 is 5.73 Å². The molecule has 2 N–H and O–H groups in total. The summed E-state index contributed by atoms with van der Waals surface area (Å²) in [5.41, 5.74) is 6.50. The highest BCUT2D eigenvalue weighted by molar-refractivity contribution is 8.00. The van der Waals surface area contributed by atoms with Gasteiger partial charge in [0.05, 0.1) is 0 Å². The van der Waals surface area contributed by atoms with E-state index in [2.05, 4.69) is 58.2 Å². The summed E-state index contributed by atoms with van der Waals surface area (Å²) >= 11 is 2.11. The van der Waals surface area contributed by atoms with E-state index in [1.807, 2.05) is 0 Å². The molecule has 0 aromatic rings. The number of thioether (sulfide) groups is 1. The van der Waals surface area contributed by atoms with Gasteiger partial charge in [-0.05, 0) is 31.6 Å². The van der Waals surface area contributed by atoms with Gasteiger partial charge in [-0.25, -0.2) is 0 Å². The van der Waals surface area contributed by atoms with Crippen molar-refractivity contribution in [2.24, 2.45) is 17.6 Å². The zero-order valence-corrected chi connectivity index (χ0v) is 14.6. The van der Waals surface area contributed by atoms with Crippen molar-refractivity contribution in [1.29, 1.82) is 0 Å². The van der Waals surface area contributed by atoms with Gasteiger partial charge in [0.15, 0.2) is 0 Å². The first-order valence-corrected chi connectivity index (χ1v) is 8.95. The summed E-state index contributed by atoms with van der Waals surface area (Å²) in [7, 11) is 0. The molecule has 0 spiro atoms. The van der Waals surface area contributed by atoms with E-state index >= 15 is 0 Å². The van der Waals surface area contributed by atoms with E-state index in [-0.39, 0.29) is 5.54 Å². The molecule has 3 heteroatoms. The zero-order chi connectivity index (χ0) is 14.6. The zero-order valence-electron chi connectivity index (χ0n) is 13.8. The van der Waals surface area contributed by atoms with Crippen LogP contribution in [0.1, 0.15) is 54.4 Å². The lowest BCUT2D eigenvalue weighted by Crippen LogP contribution is -2.62. The predicted molar refractivity (Wildman–Crippen MR) is 88.8 cm³/mol. The number of nitrogens with zero attached hydrogens (tertiary/aromatic N) is 1. The maximum Gasteiger partial charge on any atom is 0.0340 e. The second kappa shape index (κ2) is 7.33. The molecule has 1 saturated heterocycles. The van der Waals surface area contributed by atoms with Crippen LogP contribution in [-0.4, -0.2) is 40.6 Å². The van der Waals surface area contributed by atoms with E-state index in [1.54, 1.807) is 0 Å². The summed E-state index contributed by atoms with van der Waals surface area (Å²) in [6, 6.07) is 0.639. The van der Waals surface area contributed by atoms with Crippen molar-refractivity contribution in [2.75, 3.05) is 18.8 Å². The van der Waals surface area contributed by atoms with E-state index in [9.17, 15) is 0 Å². The molecule has 0 radical (unpaired) electrons. The average Bonchev–Trinajstić information content (AvgIpc) is 2.30. The first-order valence-electron chi connectivity index (χ1n) is 7.91. The van der Waals surface area contributed by atoms with Crippen molar-refractivity contribution in [3.8, 4) is 0 Å². The van der Waals surface area contributed by atoms with Crippen molar-refractivity contribution < 1.29 is 0 Å². The molecule has 1 rings (SSSR count). The molecule has 1 fully saturated rings. The van der Waals surface area contributed by atoms with Crippen LogP contribution in [0.2, 0.25) is 0 Å². The average molecular weight is 287 g/mol. The molecule has 19 heavy (non-hydrogen) atoms. The SMILES string of the molecule is CC(C)CC(CN)(CC(C)C)N1CCSC(C)C1C. The van der Waals surface area contributed by atoms with E-state index in [0.717, 1.165) is 11.8 Å². The molecule has 0 amide bonds. The molecule has 114 valence electrons. The Labute approximate surface area is 124 Å². The highest BCUT2D eigenvalue weighted by Crippen LogP contribution is 2.37. The molecule has 1 aliphatic heterocycles.